The molecule has 1 heteroatoms. The average Bonchev–Trinajstić information content (AvgIpc) is 2.00. The van der Waals surface area contributed by atoms with Crippen molar-refractivity contribution in [3.8, 4) is 6.07 Å². The third kappa shape index (κ3) is 1.40. The molecule has 3 atom stereocenters. The molecule has 3 unspecified atom stereocenters. The predicted octanol–water partition coefficient (Wildman–Crippen LogP) is 2.97. The fourth-order valence-electron chi connectivity index (χ4n) is 2.05. The van der Waals surface area contributed by atoms with Crippen LogP contribution in [0.3, 0.4) is 0 Å². The molecular weight excluding hydrogens is 134 g/mol. The summed E-state index contributed by atoms with van der Waals surface area (Å²) < 4.78 is 0. The molecule has 0 aromatic carbocycles. The maximum Gasteiger partial charge on any atom is 0.0689 e. The van der Waals surface area contributed by atoms with Crippen molar-refractivity contribution in [1.29, 1.82) is 5.26 Å². The first kappa shape index (κ1) is 8.59. The van der Waals surface area contributed by atoms with E-state index < -0.39 is 0 Å². The molecule has 1 saturated carbocycles. The molecule has 1 fully saturated rings. The van der Waals surface area contributed by atoms with Crippen molar-refractivity contribution in [2.75, 3.05) is 0 Å². The van der Waals surface area contributed by atoms with Gasteiger partial charge in [-0.1, -0.05) is 26.7 Å². The molecule has 0 spiro atoms. The van der Waals surface area contributed by atoms with Gasteiger partial charge in [0.2, 0.25) is 0 Å². The molecule has 0 aromatic rings. The van der Waals surface area contributed by atoms with Crippen molar-refractivity contribution in [3.63, 3.8) is 0 Å². The maximum atomic E-state index is 8.99. The first-order chi connectivity index (χ1) is 5.10. The Balaban J connectivity index is 2.74. The largest absolute Gasteiger partial charge is 0.198 e. The van der Waals surface area contributed by atoms with Crippen LogP contribution in [-0.2, 0) is 0 Å². The van der Waals surface area contributed by atoms with E-state index in [9.17, 15) is 0 Å². The zero-order valence-corrected chi connectivity index (χ0v) is 7.72. The van der Waals surface area contributed by atoms with Gasteiger partial charge in [-0.15, -0.1) is 0 Å². The normalized spacial score (nSPS) is 44.9. The van der Waals surface area contributed by atoms with Gasteiger partial charge in [0.1, 0.15) is 0 Å². The zero-order chi connectivity index (χ0) is 8.48. The summed E-state index contributed by atoms with van der Waals surface area (Å²) in [6.07, 6.45) is 3.63. The van der Waals surface area contributed by atoms with Gasteiger partial charge < -0.3 is 0 Å². The molecule has 0 aromatic heterocycles. The number of hydrogen-bond donors (Lipinski definition) is 0. The molecule has 0 N–H and O–H groups in total. The van der Waals surface area contributed by atoms with Crippen molar-refractivity contribution in [2.24, 2.45) is 17.3 Å². The summed E-state index contributed by atoms with van der Waals surface area (Å²) in [7, 11) is 0. The highest BCUT2D eigenvalue weighted by Crippen LogP contribution is 2.43. The van der Waals surface area contributed by atoms with Gasteiger partial charge >= 0.3 is 0 Å². The smallest absolute Gasteiger partial charge is 0.0689 e. The van der Waals surface area contributed by atoms with Gasteiger partial charge in [0, 0.05) is 0 Å². The highest BCUT2D eigenvalue weighted by Gasteiger charge is 2.37. The lowest BCUT2D eigenvalue weighted by Gasteiger charge is -2.38. The number of rotatable bonds is 0. The Hall–Kier alpha value is -0.510. The molecule has 0 bridgehead atoms. The van der Waals surface area contributed by atoms with E-state index in [1.54, 1.807) is 0 Å². The highest BCUT2D eigenvalue weighted by molar-refractivity contribution is 5.02. The first-order valence-corrected chi connectivity index (χ1v) is 4.51. The van der Waals surface area contributed by atoms with Gasteiger partial charge in [-0.3, -0.25) is 0 Å². The molecule has 0 saturated heterocycles. The van der Waals surface area contributed by atoms with E-state index in [1.807, 2.05) is 0 Å². The van der Waals surface area contributed by atoms with Crippen molar-refractivity contribution in [2.45, 2.75) is 40.0 Å². The van der Waals surface area contributed by atoms with Crippen LogP contribution in [-0.4, -0.2) is 0 Å². The monoisotopic (exact) mass is 151 g/mol. The standard InChI is InChI=1S/C10H17N/c1-8-5-4-6-10(3,7-11)9(8)2/h8-9H,4-6H2,1-3H3. The number of nitriles is 1. The quantitative estimate of drug-likeness (QED) is 0.522. The van der Waals surface area contributed by atoms with Gasteiger partial charge in [0.05, 0.1) is 11.5 Å². The van der Waals surface area contributed by atoms with Gasteiger partial charge in [-0.2, -0.15) is 5.26 Å². The Labute approximate surface area is 69.4 Å². The summed E-state index contributed by atoms with van der Waals surface area (Å²) in [5.41, 5.74) is -0.0440. The van der Waals surface area contributed by atoms with Gasteiger partial charge in [0.15, 0.2) is 0 Å². The summed E-state index contributed by atoms with van der Waals surface area (Å²) in [6.45, 7) is 6.58. The Bertz CT molecular complexity index is 180. The summed E-state index contributed by atoms with van der Waals surface area (Å²) in [5, 5.41) is 8.99. The van der Waals surface area contributed by atoms with E-state index in [4.69, 9.17) is 5.26 Å². The van der Waals surface area contributed by atoms with Crippen LogP contribution in [0.1, 0.15) is 40.0 Å². The molecule has 1 rings (SSSR count). The molecule has 0 radical (unpaired) electrons. The van der Waals surface area contributed by atoms with Crippen LogP contribution in [0, 0.1) is 28.6 Å². The zero-order valence-electron chi connectivity index (χ0n) is 7.72. The minimum atomic E-state index is -0.0440. The summed E-state index contributed by atoms with van der Waals surface area (Å²) in [6, 6.07) is 2.46. The molecule has 0 amide bonds. The lowest BCUT2D eigenvalue weighted by Crippen LogP contribution is -2.32. The van der Waals surface area contributed by atoms with E-state index in [1.165, 1.54) is 12.8 Å². The third-order valence-corrected chi connectivity index (χ3v) is 3.47. The second kappa shape index (κ2) is 2.85. The van der Waals surface area contributed by atoms with E-state index in [0.717, 1.165) is 12.3 Å². The van der Waals surface area contributed by atoms with Crippen molar-refractivity contribution in [3.05, 3.63) is 0 Å². The van der Waals surface area contributed by atoms with Crippen LogP contribution in [0.15, 0.2) is 0 Å². The molecule has 0 aliphatic heterocycles. The lowest BCUT2D eigenvalue weighted by molar-refractivity contribution is 0.135. The van der Waals surface area contributed by atoms with Crippen LogP contribution in [0.2, 0.25) is 0 Å². The Morgan fingerprint density at radius 3 is 2.55 bits per heavy atom. The van der Waals surface area contributed by atoms with Gasteiger partial charge in [-0.25, -0.2) is 0 Å². The highest BCUT2D eigenvalue weighted by atomic mass is 14.4. The van der Waals surface area contributed by atoms with Crippen LogP contribution in [0.4, 0.5) is 0 Å². The first-order valence-electron chi connectivity index (χ1n) is 4.51. The molecule has 11 heavy (non-hydrogen) atoms. The van der Waals surface area contributed by atoms with Crippen LogP contribution >= 0.6 is 0 Å². The van der Waals surface area contributed by atoms with E-state index in [0.29, 0.717) is 5.92 Å². The van der Waals surface area contributed by atoms with E-state index in [2.05, 4.69) is 26.8 Å². The number of hydrogen-bond acceptors (Lipinski definition) is 1. The van der Waals surface area contributed by atoms with E-state index >= 15 is 0 Å². The second-order valence-electron chi connectivity index (χ2n) is 4.19. The second-order valence-corrected chi connectivity index (χ2v) is 4.19. The predicted molar refractivity (Wildman–Crippen MR) is 45.9 cm³/mol. The Morgan fingerprint density at radius 1 is 1.45 bits per heavy atom. The van der Waals surface area contributed by atoms with Crippen molar-refractivity contribution < 1.29 is 0 Å². The van der Waals surface area contributed by atoms with Crippen molar-refractivity contribution in [1.82, 2.24) is 0 Å². The van der Waals surface area contributed by atoms with Gasteiger partial charge in [0.25, 0.3) is 0 Å². The lowest BCUT2D eigenvalue weighted by atomic mass is 9.65. The summed E-state index contributed by atoms with van der Waals surface area (Å²) >= 11 is 0. The molecule has 62 valence electrons. The molecule has 1 aliphatic rings. The van der Waals surface area contributed by atoms with Crippen molar-refractivity contribution >= 4 is 0 Å². The Morgan fingerprint density at radius 2 is 2.09 bits per heavy atom. The SMILES string of the molecule is CC1CCCC(C)(C#N)C1C. The van der Waals surface area contributed by atoms with E-state index in [-0.39, 0.29) is 5.41 Å². The molecule has 0 heterocycles. The number of nitrogens with zero attached hydrogens (tertiary/aromatic N) is 1. The average molecular weight is 151 g/mol. The molecular formula is C10H17N. The topological polar surface area (TPSA) is 23.8 Å². The Kier molecular flexibility index (Phi) is 2.23. The van der Waals surface area contributed by atoms with Gasteiger partial charge in [-0.05, 0) is 25.2 Å². The molecule has 1 nitrogen and oxygen atoms in total. The molecule has 1 aliphatic carbocycles. The summed E-state index contributed by atoms with van der Waals surface area (Å²) in [4.78, 5) is 0. The third-order valence-electron chi connectivity index (χ3n) is 3.47. The fraction of sp³-hybridized carbons (Fsp3) is 0.900. The van der Waals surface area contributed by atoms with Crippen LogP contribution in [0.25, 0.3) is 0 Å². The minimum absolute atomic E-state index is 0.0440. The maximum absolute atomic E-state index is 8.99. The van der Waals surface area contributed by atoms with Crippen LogP contribution in [0.5, 0.6) is 0 Å². The minimum Gasteiger partial charge on any atom is -0.198 e. The fourth-order valence-corrected chi connectivity index (χ4v) is 2.05. The van der Waals surface area contributed by atoms with Crippen LogP contribution < -0.4 is 0 Å². The summed E-state index contributed by atoms with van der Waals surface area (Å²) in [5.74, 6) is 1.30.